The number of aliphatic carboxylic acids is 1. The molecule has 3 rings (SSSR count). The molecule has 72 heavy (non-hydrogen) atoms. The van der Waals surface area contributed by atoms with Gasteiger partial charge in [-0.05, 0) is 69.7 Å². The zero-order valence-corrected chi connectivity index (χ0v) is 42.8. The Morgan fingerprint density at radius 2 is 1.49 bits per heavy atom. The van der Waals surface area contributed by atoms with E-state index < -0.39 is 132 Å². The summed E-state index contributed by atoms with van der Waals surface area (Å²) in [6.07, 6.45) is -1.05. The van der Waals surface area contributed by atoms with Gasteiger partial charge in [0.2, 0.25) is 59.1 Å². The molecule has 402 valence electrons. The van der Waals surface area contributed by atoms with E-state index in [4.69, 9.17) is 31.8 Å². The second-order valence-electron chi connectivity index (χ2n) is 17.0. The van der Waals surface area contributed by atoms with Gasteiger partial charge >= 0.3 is 0 Å². The zero-order valence-electron chi connectivity index (χ0n) is 41.2. The lowest BCUT2D eigenvalue weighted by atomic mass is 9.96. The molecule has 1 aromatic carbocycles. The Morgan fingerprint density at radius 1 is 0.861 bits per heavy atom. The smallest absolute Gasteiger partial charge is 0.300 e. The van der Waals surface area contributed by atoms with E-state index in [1.165, 1.54) is 22.6 Å². The first kappa shape index (κ1) is 61.9. The third-order valence-electron chi connectivity index (χ3n) is 11.2. The minimum absolute atomic E-state index is 0.0243. The summed E-state index contributed by atoms with van der Waals surface area (Å²) in [5.41, 5.74) is 17.0. The maximum Gasteiger partial charge on any atom is 0.300 e. The van der Waals surface area contributed by atoms with Crippen molar-refractivity contribution in [1.29, 1.82) is 0 Å². The molecular weight excluding hydrogens is 983 g/mol. The number of primary amides is 2. The van der Waals surface area contributed by atoms with Gasteiger partial charge in [-0.2, -0.15) is 0 Å². The Bertz CT molecular complexity index is 2050. The molecule has 0 radical (unpaired) electrons. The molecule has 2 aliphatic heterocycles. The number of nitrogens with one attached hydrogen (secondary N) is 7. The average molecular weight is 1050 g/mol. The van der Waals surface area contributed by atoms with Gasteiger partial charge in [-0.25, -0.2) is 0 Å². The lowest BCUT2D eigenvalue weighted by Crippen LogP contribution is -2.63. The predicted molar refractivity (Wildman–Crippen MR) is 266 cm³/mol. The maximum absolute atomic E-state index is 14.4. The van der Waals surface area contributed by atoms with Gasteiger partial charge in [0.25, 0.3) is 5.97 Å². The summed E-state index contributed by atoms with van der Waals surface area (Å²) in [7, 11) is 2.27. The van der Waals surface area contributed by atoms with Crippen LogP contribution in [0.25, 0.3) is 0 Å². The number of ether oxygens (including phenoxy) is 1. The average Bonchev–Trinajstić information content (AvgIpc) is 3.82. The monoisotopic (exact) mass is 1050 g/mol. The first-order valence-corrected chi connectivity index (χ1v) is 26.0. The molecule has 1 aromatic rings. The highest BCUT2D eigenvalue weighted by molar-refractivity contribution is 8.76. The first-order chi connectivity index (χ1) is 34.0. The van der Waals surface area contributed by atoms with Gasteiger partial charge in [0.15, 0.2) is 0 Å². The standard InChI is InChI=1S/C43H67N11O12S2.C2H4O2/c1-5-23(3)35-41(63)53-36(24(4)55)42(64)50-29(20-32(45)56)38(60)51-30(43(65)54-17-8-10-31(54)40(62)49-27(9-7-16-44)37(59)47-21-33(46)57)22-68-67-18-15-34(58)48-28(39(61)52-35)19-25-11-13-26(14-12-25)66-6-2;1-2(3)4/h11-14,23-24,27-31,35-36,55H,5-10,15-22,44H2,1-4H3,(H2,45,56)(H2,46,57)(H,47,59)(H,48,58)(H,49,62)(H,50,64)(H,51,60)(H,52,61)(H,53,63);1H3,(H,3,4)/t23-,24+,27-,28+,29-,30-,31-,35-,36?;/m0./s1. The van der Waals surface area contributed by atoms with E-state index in [1.54, 1.807) is 38.1 Å². The molecule has 15 N–H and O–H groups in total. The largest absolute Gasteiger partial charge is 0.494 e. The number of benzene rings is 1. The second-order valence-corrected chi connectivity index (χ2v) is 19.7. The fraction of sp³-hybridized carbons (Fsp3) is 0.622. The number of amides is 10. The third-order valence-corrected chi connectivity index (χ3v) is 13.6. The van der Waals surface area contributed by atoms with Gasteiger partial charge < -0.3 is 74.3 Å². The number of hydrogen-bond acceptors (Lipinski definition) is 16. The van der Waals surface area contributed by atoms with Crippen molar-refractivity contribution in [2.24, 2.45) is 23.1 Å². The van der Waals surface area contributed by atoms with Crippen LogP contribution in [0.1, 0.15) is 85.1 Å². The fourth-order valence-corrected chi connectivity index (χ4v) is 9.44. The summed E-state index contributed by atoms with van der Waals surface area (Å²) >= 11 is 0. The molecule has 1 unspecified atom stereocenters. The van der Waals surface area contributed by atoms with Crippen LogP contribution in [-0.2, 0) is 59.2 Å². The van der Waals surface area contributed by atoms with Crippen molar-refractivity contribution in [3.8, 4) is 5.75 Å². The number of carbonyl (C=O) groups excluding carboxylic acids is 10. The summed E-state index contributed by atoms with van der Waals surface area (Å²) in [6.45, 7) is 7.80. The lowest BCUT2D eigenvalue weighted by molar-refractivity contribution is -0.142. The molecular formula is C45H71N11O14S2. The number of nitrogens with zero attached hydrogens (tertiary/aromatic N) is 1. The number of nitrogens with two attached hydrogens (primary N) is 3. The maximum atomic E-state index is 14.4. The van der Waals surface area contributed by atoms with Crippen LogP contribution in [0, 0.1) is 5.92 Å². The molecule has 2 fully saturated rings. The number of likely N-dealkylation sites (tertiary alicyclic amines) is 1. The summed E-state index contributed by atoms with van der Waals surface area (Å²) < 4.78 is 5.53. The van der Waals surface area contributed by atoms with E-state index >= 15 is 0 Å². The van der Waals surface area contributed by atoms with Crippen LogP contribution in [0.3, 0.4) is 0 Å². The Morgan fingerprint density at radius 3 is 2.07 bits per heavy atom. The van der Waals surface area contributed by atoms with Crippen molar-refractivity contribution in [1.82, 2.24) is 42.1 Å². The minimum Gasteiger partial charge on any atom is -0.494 e. The Kier molecular flexibility index (Phi) is 27.5. The van der Waals surface area contributed by atoms with Crippen molar-refractivity contribution < 1.29 is 67.7 Å². The van der Waals surface area contributed by atoms with Crippen molar-refractivity contribution in [3.05, 3.63) is 29.8 Å². The number of carbonyl (C=O) groups is 11. The van der Waals surface area contributed by atoms with Gasteiger partial charge in [0.1, 0.15) is 48.0 Å². The molecule has 2 aliphatic rings. The summed E-state index contributed by atoms with van der Waals surface area (Å²) in [4.78, 5) is 144. The van der Waals surface area contributed by atoms with E-state index in [0.29, 0.717) is 37.2 Å². The van der Waals surface area contributed by atoms with Crippen LogP contribution in [0.2, 0.25) is 0 Å². The zero-order chi connectivity index (χ0) is 54.1. The summed E-state index contributed by atoms with van der Waals surface area (Å²) in [5, 5.41) is 36.1. The first-order valence-electron chi connectivity index (χ1n) is 23.5. The van der Waals surface area contributed by atoms with Crippen LogP contribution in [0.5, 0.6) is 5.75 Å². The van der Waals surface area contributed by atoms with Gasteiger partial charge in [-0.1, -0.05) is 54.0 Å². The van der Waals surface area contributed by atoms with E-state index in [0.717, 1.165) is 17.7 Å². The van der Waals surface area contributed by atoms with Crippen LogP contribution in [-0.4, -0.2) is 166 Å². The molecule has 27 heteroatoms. The van der Waals surface area contributed by atoms with Crippen molar-refractivity contribution >= 4 is 86.6 Å². The molecule has 0 aromatic heterocycles. The van der Waals surface area contributed by atoms with Gasteiger partial charge in [0, 0.05) is 37.8 Å². The van der Waals surface area contributed by atoms with Gasteiger partial charge in [-0.3, -0.25) is 52.7 Å². The Labute approximate surface area is 425 Å². The summed E-state index contributed by atoms with van der Waals surface area (Å²) in [5.74, 6) is -8.90. The predicted octanol–water partition coefficient (Wildman–Crippen LogP) is -2.95. The minimum atomic E-state index is -1.74. The van der Waals surface area contributed by atoms with Crippen LogP contribution < -0.4 is 59.2 Å². The highest BCUT2D eigenvalue weighted by Gasteiger charge is 2.41. The number of carboxylic acid groups (broad SMARTS) is 1. The van der Waals surface area contributed by atoms with Gasteiger partial charge in [0.05, 0.1) is 25.7 Å². The van der Waals surface area contributed by atoms with E-state index in [9.17, 15) is 53.1 Å². The number of aliphatic hydroxyl groups is 1. The van der Waals surface area contributed by atoms with Crippen molar-refractivity contribution in [3.63, 3.8) is 0 Å². The Balaban J connectivity index is 0.00000427. The Hall–Kier alpha value is -6.19. The molecule has 10 amide bonds. The fourth-order valence-electron chi connectivity index (χ4n) is 7.29. The van der Waals surface area contributed by atoms with Crippen molar-refractivity contribution in [2.45, 2.75) is 134 Å². The molecule has 2 saturated heterocycles. The SMILES string of the molecule is CC(=O)O.CCOc1ccc(C[C@H]2NC(=O)CCSSC[C@@H](C(=O)N3CCC[C@H]3C(=O)N[C@@H](CCCN)C(=O)NCC(N)=O)NC(=O)[C@H](CC(N)=O)NC(=O)C([C@@H](C)O)NC(=O)[C@H]([C@@H](C)CC)NC2=O)cc1. The van der Waals surface area contributed by atoms with E-state index in [1.807, 2.05) is 6.92 Å². The number of carboxylic acids is 1. The lowest BCUT2D eigenvalue weighted by Gasteiger charge is -2.31. The summed E-state index contributed by atoms with van der Waals surface area (Å²) in [6, 6.07) is -2.62. The third kappa shape index (κ3) is 21.7. The molecule has 0 bridgehead atoms. The molecule has 25 nitrogen and oxygen atoms in total. The number of hydrogen-bond donors (Lipinski definition) is 12. The highest BCUT2D eigenvalue weighted by Crippen LogP contribution is 2.26. The molecule has 0 saturated carbocycles. The van der Waals surface area contributed by atoms with Gasteiger partial charge in [-0.15, -0.1) is 0 Å². The topological polar surface area (TPSA) is 403 Å². The van der Waals surface area contributed by atoms with Crippen LogP contribution >= 0.6 is 21.6 Å². The second kappa shape index (κ2) is 32.0. The molecule has 2 heterocycles. The van der Waals surface area contributed by atoms with Crippen molar-refractivity contribution in [2.75, 3.05) is 37.7 Å². The molecule has 9 atom stereocenters. The number of rotatable bonds is 18. The molecule has 0 aliphatic carbocycles. The number of aliphatic hydroxyl groups excluding tert-OH is 1. The molecule has 0 spiro atoms. The highest BCUT2D eigenvalue weighted by atomic mass is 33.1. The van der Waals surface area contributed by atoms with E-state index in [-0.39, 0.29) is 50.3 Å². The van der Waals surface area contributed by atoms with E-state index in [2.05, 4.69) is 37.2 Å². The van der Waals surface area contributed by atoms with Crippen LogP contribution in [0.15, 0.2) is 24.3 Å². The quantitative estimate of drug-likeness (QED) is 0.0654. The van der Waals surface area contributed by atoms with Crippen LogP contribution in [0.4, 0.5) is 0 Å². The normalized spacial score (nSPS) is 22.8.